The van der Waals surface area contributed by atoms with E-state index in [9.17, 15) is 14.4 Å². The number of hydrogen-bond acceptors (Lipinski definition) is 4. The van der Waals surface area contributed by atoms with Crippen LogP contribution in [0.25, 0.3) is 0 Å². The van der Waals surface area contributed by atoms with E-state index < -0.39 is 30.1 Å². The van der Waals surface area contributed by atoms with Gasteiger partial charge in [-0.25, -0.2) is 9.59 Å². The molecule has 0 saturated carbocycles. The zero-order valence-electron chi connectivity index (χ0n) is 14.9. The topological polar surface area (TPSA) is 96.5 Å². The Bertz CT molecular complexity index is 796. The van der Waals surface area contributed by atoms with Gasteiger partial charge in [0.05, 0.1) is 0 Å². The van der Waals surface area contributed by atoms with Crippen LogP contribution in [0.5, 0.6) is 0 Å². The Morgan fingerprint density at radius 1 is 0.889 bits per heavy atom. The minimum atomic E-state index is -1.03. The summed E-state index contributed by atoms with van der Waals surface area (Å²) < 4.78 is 5.10. The summed E-state index contributed by atoms with van der Waals surface area (Å²) in [6, 6.07) is 13.8. The van der Waals surface area contributed by atoms with Gasteiger partial charge in [0.15, 0.2) is 6.10 Å². The highest BCUT2D eigenvalue weighted by Gasteiger charge is 2.23. The van der Waals surface area contributed by atoms with Crippen molar-refractivity contribution in [1.29, 1.82) is 0 Å². The van der Waals surface area contributed by atoms with Crippen LogP contribution < -0.4 is 16.0 Å². The smallest absolute Gasteiger partial charge is 0.329 e. The third-order valence-electron chi connectivity index (χ3n) is 3.51. The monoisotopic (exact) mass is 389 g/mol. The summed E-state index contributed by atoms with van der Waals surface area (Å²) in [5, 5.41) is 8.21. The lowest BCUT2D eigenvalue weighted by Gasteiger charge is -2.18. The van der Waals surface area contributed by atoms with E-state index in [0.29, 0.717) is 16.4 Å². The molecule has 0 aromatic heterocycles. The maximum atomic E-state index is 12.1. The van der Waals surface area contributed by atoms with Crippen molar-refractivity contribution >= 4 is 40.9 Å². The van der Waals surface area contributed by atoms with Gasteiger partial charge in [-0.2, -0.15) is 0 Å². The van der Waals surface area contributed by atoms with Crippen LogP contribution in [0, 0.1) is 0 Å². The van der Waals surface area contributed by atoms with Crippen molar-refractivity contribution in [3.8, 4) is 0 Å². The standard InChI is InChI=1S/C19H20ClN3O4/c1-12(21-19(26)23-15-6-4-3-5-7-15)18(25)27-13(2)17(24)22-16-10-8-14(20)9-11-16/h3-13H,1-2H3,(H,22,24)(H2,21,23,26)/t12-,13-/m0/s1. The number of halogens is 1. The highest BCUT2D eigenvalue weighted by Crippen LogP contribution is 2.14. The first-order chi connectivity index (χ1) is 12.8. The summed E-state index contributed by atoms with van der Waals surface area (Å²) in [6.07, 6.45) is -1.03. The van der Waals surface area contributed by atoms with Crippen LogP contribution in [0.4, 0.5) is 16.2 Å². The molecule has 0 aliphatic heterocycles. The lowest BCUT2D eigenvalue weighted by molar-refractivity contribution is -0.154. The quantitative estimate of drug-likeness (QED) is 0.659. The number of ether oxygens (including phenoxy) is 1. The minimum absolute atomic E-state index is 0.494. The molecule has 0 bridgehead atoms. The van der Waals surface area contributed by atoms with E-state index in [1.165, 1.54) is 13.8 Å². The second kappa shape index (κ2) is 9.59. The number of carbonyl (C=O) groups excluding carboxylic acids is 3. The van der Waals surface area contributed by atoms with E-state index >= 15 is 0 Å². The molecule has 0 heterocycles. The molecule has 7 nitrogen and oxygen atoms in total. The van der Waals surface area contributed by atoms with Crippen LogP contribution >= 0.6 is 11.6 Å². The number of carbonyl (C=O) groups is 3. The van der Waals surface area contributed by atoms with Gasteiger partial charge >= 0.3 is 12.0 Å². The fourth-order valence-corrected chi connectivity index (χ4v) is 2.18. The van der Waals surface area contributed by atoms with Crippen LogP contribution in [0.2, 0.25) is 5.02 Å². The summed E-state index contributed by atoms with van der Waals surface area (Å²) in [6.45, 7) is 2.91. The van der Waals surface area contributed by atoms with Gasteiger partial charge in [0.2, 0.25) is 0 Å². The largest absolute Gasteiger partial charge is 0.451 e. The molecule has 3 N–H and O–H groups in total. The molecular formula is C19H20ClN3O4. The molecule has 0 saturated heterocycles. The number of benzene rings is 2. The molecule has 2 aromatic rings. The number of esters is 1. The number of nitrogens with one attached hydrogen (secondary N) is 3. The summed E-state index contributed by atoms with van der Waals surface area (Å²) >= 11 is 5.79. The third kappa shape index (κ3) is 6.63. The highest BCUT2D eigenvalue weighted by atomic mass is 35.5. The minimum Gasteiger partial charge on any atom is -0.451 e. The third-order valence-corrected chi connectivity index (χ3v) is 3.76. The molecule has 0 radical (unpaired) electrons. The number of anilines is 2. The van der Waals surface area contributed by atoms with Gasteiger partial charge in [-0.05, 0) is 50.2 Å². The van der Waals surface area contributed by atoms with Crippen LogP contribution in [-0.4, -0.2) is 30.1 Å². The molecule has 142 valence electrons. The number of amides is 3. The van der Waals surface area contributed by atoms with E-state index in [4.69, 9.17) is 16.3 Å². The fourth-order valence-electron chi connectivity index (χ4n) is 2.05. The van der Waals surface area contributed by atoms with Crippen molar-refractivity contribution in [2.24, 2.45) is 0 Å². The molecular weight excluding hydrogens is 370 g/mol. The normalized spacial score (nSPS) is 12.4. The molecule has 3 amide bonds. The molecule has 8 heteroatoms. The van der Waals surface area contributed by atoms with E-state index in [1.54, 1.807) is 48.5 Å². The van der Waals surface area contributed by atoms with Crippen molar-refractivity contribution in [3.05, 3.63) is 59.6 Å². The number of hydrogen-bond donors (Lipinski definition) is 3. The summed E-state index contributed by atoms with van der Waals surface area (Å²) in [7, 11) is 0. The average Bonchev–Trinajstić information content (AvgIpc) is 2.64. The lowest BCUT2D eigenvalue weighted by Crippen LogP contribution is -2.44. The predicted octanol–water partition coefficient (Wildman–Crippen LogP) is 3.42. The lowest BCUT2D eigenvalue weighted by atomic mass is 10.3. The summed E-state index contributed by atoms with van der Waals surface area (Å²) in [5.74, 6) is -1.22. The zero-order valence-corrected chi connectivity index (χ0v) is 15.6. The van der Waals surface area contributed by atoms with E-state index in [1.807, 2.05) is 6.07 Å². The Morgan fingerprint density at radius 2 is 1.48 bits per heavy atom. The molecule has 0 fully saturated rings. The maximum absolute atomic E-state index is 12.1. The SMILES string of the molecule is C[C@H](NC(=O)Nc1ccccc1)C(=O)O[C@@H](C)C(=O)Nc1ccc(Cl)cc1. The van der Waals surface area contributed by atoms with E-state index in [-0.39, 0.29) is 0 Å². The number of rotatable bonds is 6. The first-order valence-corrected chi connectivity index (χ1v) is 8.62. The van der Waals surface area contributed by atoms with Crippen molar-refractivity contribution in [2.75, 3.05) is 10.6 Å². The van der Waals surface area contributed by atoms with Gasteiger partial charge in [0.25, 0.3) is 5.91 Å². The van der Waals surface area contributed by atoms with Crippen LogP contribution in [0.1, 0.15) is 13.8 Å². The second-order valence-electron chi connectivity index (χ2n) is 5.76. The predicted molar refractivity (Wildman–Crippen MR) is 104 cm³/mol. The molecule has 2 rings (SSSR count). The first-order valence-electron chi connectivity index (χ1n) is 8.24. The molecule has 0 spiro atoms. The Labute approximate surface area is 162 Å². The summed E-state index contributed by atoms with van der Waals surface area (Å²) in [5.41, 5.74) is 1.12. The fraction of sp³-hybridized carbons (Fsp3) is 0.211. The van der Waals surface area contributed by atoms with Gasteiger partial charge in [0, 0.05) is 16.4 Å². The molecule has 0 aliphatic carbocycles. The zero-order chi connectivity index (χ0) is 19.8. The Balaban J connectivity index is 1.80. The molecule has 27 heavy (non-hydrogen) atoms. The first kappa shape index (κ1) is 20.3. The van der Waals surface area contributed by atoms with Crippen LogP contribution in [0.15, 0.2) is 54.6 Å². The maximum Gasteiger partial charge on any atom is 0.329 e. The number of para-hydroxylation sites is 1. The van der Waals surface area contributed by atoms with Gasteiger partial charge in [-0.1, -0.05) is 29.8 Å². The van der Waals surface area contributed by atoms with Gasteiger partial charge in [-0.15, -0.1) is 0 Å². The number of urea groups is 1. The van der Waals surface area contributed by atoms with Gasteiger partial charge < -0.3 is 20.7 Å². The Hall–Kier alpha value is -3.06. The van der Waals surface area contributed by atoms with E-state index in [0.717, 1.165) is 0 Å². The molecule has 0 unspecified atom stereocenters. The van der Waals surface area contributed by atoms with Gasteiger partial charge in [-0.3, -0.25) is 4.79 Å². The van der Waals surface area contributed by atoms with Crippen molar-refractivity contribution in [2.45, 2.75) is 26.0 Å². The van der Waals surface area contributed by atoms with Crippen LogP contribution in [-0.2, 0) is 14.3 Å². The second-order valence-corrected chi connectivity index (χ2v) is 6.20. The van der Waals surface area contributed by atoms with Gasteiger partial charge in [0.1, 0.15) is 6.04 Å². The van der Waals surface area contributed by atoms with Crippen molar-refractivity contribution in [3.63, 3.8) is 0 Å². The Morgan fingerprint density at radius 3 is 2.11 bits per heavy atom. The Kier molecular flexibility index (Phi) is 7.19. The molecule has 2 atom stereocenters. The molecule has 0 aliphatic rings. The van der Waals surface area contributed by atoms with Crippen molar-refractivity contribution in [1.82, 2.24) is 5.32 Å². The van der Waals surface area contributed by atoms with Crippen LogP contribution in [0.3, 0.4) is 0 Å². The highest BCUT2D eigenvalue weighted by molar-refractivity contribution is 6.30. The summed E-state index contributed by atoms with van der Waals surface area (Å²) in [4.78, 5) is 36.1. The van der Waals surface area contributed by atoms with E-state index in [2.05, 4.69) is 16.0 Å². The molecule has 2 aromatic carbocycles. The average molecular weight is 390 g/mol. The van der Waals surface area contributed by atoms with Crippen molar-refractivity contribution < 1.29 is 19.1 Å².